The van der Waals surface area contributed by atoms with Gasteiger partial charge in [0.25, 0.3) is 11.8 Å². The highest BCUT2D eigenvalue weighted by Crippen LogP contribution is 2.19. The molecule has 1 heterocycles. The summed E-state index contributed by atoms with van der Waals surface area (Å²) in [4.78, 5) is 23.8. The standard InChI is InChI=1S/C12H13BrN6O3/c1-12(2,22)11(21)16-15-10(20)8-5-7(13)3-4-9(8)19-6-14-17-18-19/h3-6,22H,1-2H3,(H,15,20)(H,16,21). The van der Waals surface area contributed by atoms with Crippen LogP contribution >= 0.6 is 15.9 Å². The van der Waals surface area contributed by atoms with Crippen LogP contribution in [-0.2, 0) is 4.79 Å². The van der Waals surface area contributed by atoms with Crippen LogP contribution in [0.4, 0.5) is 0 Å². The summed E-state index contributed by atoms with van der Waals surface area (Å²) in [5, 5.41) is 20.3. The van der Waals surface area contributed by atoms with Gasteiger partial charge in [0.1, 0.15) is 11.9 Å². The van der Waals surface area contributed by atoms with E-state index in [1.54, 1.807) is 18.2 Å². The number of nitrogens with zero attached hydrogens (tertiary/aromatic N) is 4. The van der Waals surface area contributed by atoms with Gasteiger partial charge in [-0.25, -0.2) is 0 Å². The van der Waals surface area contributed by atoms with Crippen LogP contribution in [-0.4, -0.2) is 42.7 Å². The first-order chi connectivity index (χ1) is 10.3. The molecule has 0 aliphatic heterocycles. The topological polar surface area (TPSA) is 122 Å². The summed E-state index contributed by atoms with van der Waals surface area (Å²) in [5.74, 6) is -1.32. The lowest BCUT2D eigenvalue weighted by atomic mass is 10.1. The van der Waals surface area contributed by atoms with E-state index >= 15 is 0 Å². The van der Waals surface area contributed by atoms with Gasteiger partial charge in [-0.3, -0.25) is 20.4 Å². The molecule has 0 radical (unpaired) electrons. The van der Waals surface area contributed by atoms with Crippen molar-refractivity contribution in [3.8, 4) is 5.69 Å². The van der Waals surface area contributed by atoms with Crippen LogP contribution in [0.1, 0.15) is 24.2 Å². The van der Waals surface area contributed by atoms with Gasteiger partial charge in [-0.05, 0) is 42.5 Å². The number of amides is 2. The number of halogens is 1. The van der Waals surface area contributed by atoms with Crippen molar-refractivity contribution in [2.45, 2.75) is 19.4 Å². The summed E-state index contributed by atoms with van der Waals surface area (Å²) in [6.07, 6.45) is 1.34. The molecule has 0 bridgehead atoms. The van der Waals surface area contributed by atoms with Crippen molar-refractivity contribution < 1.29 is 14.7 Å². The van der Waals surface area contributed by atoms with E-state index in [9.17, 15) is 14.7 Å². The first-order valence-electron chi connectivity index (χ1n) is 6.15. The molecule has 0 spiro atoms. The molecule has 9 nitrogen and oxygen atoms in total. The highest BCUT2D eigenvalue weighted by Gasteiger charge is 2.24. The Bertz CT molecular complexity index is 695. The second kappa shape index (κ2) is 6.20. The molecule has 2 rings (SSSR count). The second-order valence-electron chi connectivity index (χ2n) is 4.88. The zero-order valence-corrected chi connectivity index (χ0v) is 13.3. The second-order valence-corrected chi connectivity index (χ2v) is 5.80. The number of nitrogens with one attached hydrogen (secondary N) is 2. The summed E-state index contributed by atoms with van der Waals surface area (Å²) in [7, 11) is 0. The minimum Gasteiger partial charge on any atom is -0.381 e. The molecular formula is C12H13BrN6O3. The van der Waals surface area contributed by atoms with Gasteiger partial charge in [0.2, 0.25) is 0 Å². The molecule has 0 aliphatic carbocycles. The van der Waals surface area contributed by atoms with Crippen molar-refractivity contribution in [3.63, 3.8) is 0 Å². The molecule has 0 fully saturated rings. The number of aromatic nitrogens is 4. The average Bonchev–Trinajstić information content (AvgIpc) is 2.97. The minimum absolute atomic E-state index is 0.234. The predicted molar refractivity (Wildman–Crippen MR) is 78.8 cm³/mol. The lowest BCUT2D eigenvalue weighted by Gasteiger charge is -2.17. The molecule has 2 aromatic rings. The summed E-state index contributed by atoms with van der Waals surface area (Å²) in [6, 6.07) is 4.93. The van der Waals surface area contributed by atoms with Crippen LogP contribution in [0.5, 0.6) is 0 Å². The Hall–Kier alpha value is -2.33. The highest BCUT2D eigenvalue weighted by atomic mass is 79.9. The molecule has 3 N–H and O–H groups in total. The Balaban J connectivity index is 2.23. The van der Waals surface area contributed by atoms with Gasteiger partial charge < -0.3 is 5.11 Å². The molecule has 0 atom stereocenters. The third-order valence-electron chi connectivity index (χ3n) is 2.64. The van der Waals surface area contributed by atoms with Crippen molar-refractivity contribution in [2.75, 3.05) is 0 Å². The van der Waals surface area contributed by atoms with Crippen LogP contribution in [0.25, 0.3) is 5.69 Å². The van der Waals surface area contributed by atoms with Gasteiger partial charge in [-0.2, -0.15) is 4.68 Å². The fraction of sp³-hybridized carbons (Fsp3) is 0.250. The van der Waals surface area contributed by atoms with Crippen LogP contribution in [0.2, 0.25) is 0 Å². The Morgan fingerprint density at radius 3 is 2.64 bits per heavy atom. The molecule has 10 heteroatoms. The van der Waals surface area contributed by atoms with Gasteiger partial charge in [0.15, 0.2) is 0 Å². The van der Waals surface area contributed by atoms with Gasteiger partial charge >= 0.3 is 0 Å². The molecule has 2 amide bonds. The van der Waals surface area contributed by atoms with Gasteiger partial charge in [0, 0.05) is 4.47 Å². The van der Waals surface area contributed by atoms with Crippen molar-refractivity contribution in [2.24, 2.45) is 0 Å². The highest BCUT2D eigenvalue weighted by molar-refractivity contribution is 9.10. The molecule has 1 aromatic carbocycles. The smallest absolute Gasteiger partial charge is 0.271 e. The van der Waals surface area contributed by atoms with Crippen molar-refractivity contribution in [1.29, 1.82) is 0 Å². The van der Waals surface area contributed by atoms with E-state index in [1.807, 2.05) is 0 Å². The number of benzene rings is 1. The summed E-state index contributed by atoms with van der Waals surface area (Å²) in [5.41, 5.74) is 3.44. The van der Waals surface area contributed by atoms with E-state index in [0.29, 0.717) is 10.2 Å². The monoisotopic (exact) mass is 368 g/mol. The van der Waals surface area contributed by atoms with Crippen LogP contribution in [0.3, 0.4) is 0 Å². The lowest BCUT2D eigenvalue weighted by Crippen LogP contribution is -2.50. The minimum atomic E-state index is -1.61. The molecule has 22 heavy (non-hydrogen) atoms. The number of rotatable bonds is 3. The molecular weight excluding hydrogens is 356 g/mol. The Morgan fingerprint density at radius 1 is 1.32 bits per heavy atom. The van der Waals surface area contributed by atoms with E-state index in [2.05, 4.69) is 42.3 Å². The molecule has 0 saturated heterocycles. The lowest BCUT2D eigenvalue weighted by molar-refractivity contribution is -0.137. The number of hydrogen-bond donors (Lipinski definition) is 3. The third kappa shape index (κ3) is 3.65. The zero-order chi connectivity index (χ0) is 16.3. The van der Waals surface area contributed by atoms with E-state index in [-0.39, 0.29) is 5.56 Å². The summed E-state index contributed by atoms with van der Waals surface area (Å²) < 4.78 is 1.99. The number of hydrazine groups is 1. The quantitative estimate of drug-likeness (QED) is 0.653. The van der Waals surface area contributed by atoms with Crippen LogP contribution < -0.4 is 10.9 Å². The fourth-order valence-electron chi connectivity index (χ4n) is 1.50. The molecule has 116 valence electrons. The molecule has 0 unspecified atom stereocenters. The number of carbonyl (C=O) groups excluding carboxylic acids is 2. The number of carbonyl (C=O) groups is 2. The van der Waals surface area contributed by atoms with Crippen molar-refractivity contribution >= 4 is 27.7 Å². The van der Waals surface area contributed by atoms with E-state index in [1.165, 1.54) is 24.9 Å². The maximum atomic E-state index is 12.2. The van der Waals surface area contributed by atoms with E-state index < -0.39 is 17.4 Å². The van der Waals surface area contributed by atoms with E-state index in [4.69, 9.17) is 0 Å². The third-order valence-corrected chi connectivity index (χ3v) is 3.14. The number of aliphatic hydroxyl groups is 1. The average molecular weight is 369 g/mol. The van der Waals surface area contributed by atoms with E-state index in [0.717, 1.165) is 0 Å². The van der Waals surface area contributed by atoms with Crippen LogP contribution in [0, 0.1) is 0 Å². The Morgan fingerprint density at radius 2 is 2.05 bits per heavy atom. The number of tetrazole rings is 1. The fourth-order valence-corrected chi connectivity index (χ4v) is 1.86. The van der Waals surface area contributed by atoms with Crippen molar-refractivity contribution in [1.82, 2.24) is 31.1 Å². The molecule has 1 aromatic heterocycles. The van der Waals surface area contributed by atoms with Crippen LogP contribution in [0.15, 0.2) is 29.0 Å². The first kappa shape index (κ1) is 16.0. The molecule has 0 saturated carbocycles. The molecule has 0 aliphatic rings. The maximum absolute atomic E-state index is 12.2. The number of hydrogen-bond acceptors (Lipinski definition) is 6. The van der Waals surface area contributed by atoms with Gasteiger partial charge in [-0.1, -0.05) is 15.9 Å². The predicted octanol–water partition coefficient (Wildman–Crippen LogP) is -0.0433. The zero-order valence-electron chi connectivity index (χ0n) is 11.7. The largest absolute Gasteiger partial charge is 0.381 e. The first-order valence-corrected chi connectivity index (χ1v) is 6.94. The normalized spacial score (nSPS) is 11.1. The Kier molecular flexibility index (Phi) is 4.52. The summed E-state index contributed by atoms with van der Waals surface area (Å²) in [6.45, 7) is 2.61. The van der Waals surface area contributed by atoms with Gasteiger partial charge in [0.05, 0.1) is 11.3 Å². The SMILES string of the molecule is CC(C)(O)C(=O)NNC(=O)c1cc(Br)ccc1-n1cnnn1. The maximum Gasteiger partial charge on any atom is 0.271 e. The Labute approximate surface area is 133 Å². The van der Waals surface area contributed by atoms with Gasteiger partial charge in [-0.15, -0.1) is 5.10 Å². The summed E-state index contributed by atoms with van der Waals surface area (Å²) >= 11 is 3.27. The van der Waals surface area contributed by atoms with Crippen molar-refractivity contribution in [3.05, 3.63) is 34.6 Å².